The molecule has 2 nitrogen and oxygen atoms in total. The van der Waals surface area contributed by atoms with Crippen molar-refractivity contribution in [3.63, 3.8) is 0 Å². The van der Waals surface area contributed by atoms with Crippen molar-refractivity contribution >= 4 is 27.7 Å². The number of benzene rings is 1. The predicted octanol–water partition coefficient (Wildman–Crippen LogP) is 4.07. The van der Waals surface area contributed by atoms with Crippen molar-refractivity contribution in [1.82, 2.24) is 4.98 Å². The molecule has 1 aromatic carbocycles. The van der Waals surface area contributed by atoms with E-state index in [1.807, 2.05) is 6.92 Å². The van der Waals surface area contributed by atoms with Crippen molar-refractivity contribution in [2.75, 3.05) is 0 Å². The maximum absolute atomic E-state index is 5.62. The molecule has 0 atom stereocenters. The van der Waals surface area contributed by atoms with Gasteiger partial charge in [-0.05, 0) is 65.2 Å². The third kappa shape index (κ3) is 3.34. The van der Waals surface area contributed by atoms with Crippen LogP contribution in [0.4, 0.5) is 0 Å². The summed E-state index contributed by atoms with van der Waals surface area (Å²) in [6, 6.07) is 10.4. The van der Waals surface area contributed by atoms with Crippen LogP contribution in [0, 0.1) is 13.8 Å². The van der Waals surface area contributed by atoms with E-state index in [0.717, 1.165) is 25.7 Å². The zero-order valence-electron chi connectivity index (χ0n) is 10.4. The summed E-state index contributed by atoms with van der Waals surface area (Å²) in [5, 5.41) is 1.02. The number of nitrogens with zero attached hydrogens (tertiary/aromatic N) is 1. The summed E-state index contributed by atoms with van der Waals surface area (Å²) in [5.74, 6) is 0. The monoisotopic (exact) mass is 322 g/mol. The lowest BCUT2D eigenvalue weighted by Gasteiger charge is -2.07. The van der Waals surface area contributed by atoms with Crippen LogP contribution in [0.25, 0.3) is 0 Å². The summed E-state index contributed by atoms with van der Waals surface area (Å²) in [6.45, 7) is 4.67. The fraction of sp³-hybridized carbons (Fsp3) is 0.214. The molecule has 0 bridgehead atoms. The minimum atomic E-state index is 0.561. The molecule has 0 aliphatic rings. The number of nitrogens with two attached hydrogens (primary N) is 1. The van der Waals surface area contributed by atoms with Gasteiger partial charge in [-0.1, -0.05) is 17.8 Å². The molecule has 0 saturated heterocycles. The van der Waals surface area contributed by atoms with E-state index in [1.54, 1.807) is 11.8 Å². The second kappa shape index (κ2) is 5.87. The highest BCUT2D eigenvalue weighted by atomic mass is 79.9. The standard InChI is InChI=1S/C14H15BrN2S/c1-9-5-10(2)17-14(6-9)18-13-4-3-11(8-16)7-12(13)15/h3-7H,8,16H2,1-2H3. The van der Waals surface area contributed by atoms with E-state index in [1.165, 1.54) is 5.56 Å². The molecule has 0 unspecified atom stereocenters. The van der Waals surface area contributed by atoms with Crippen molar-refractivity contribution in [2.45, 2.75) is 30.3 Å². The summed E-state index contributed by atoms with van der Waals surface area (Å²) in [7, 11) is 0. The van der Waals surface area contributed by atoms with Crippen LogP contribution in [0.2, 0.25) is 0 Å². The molecule has 1 aromatic heterocycles. The van der Waals surface area contributed by atoms with E-state index in [0.29, 0.717) is 6.54 Å². The first-order valence-corrected chi connectivity index (χ1v) is 7.31. The first-order valence-electron chi connectivity index (χ1n) is 5.70. The second-order valence-electron chi connectivity index (χ2n) is 4.20. The van der Waals surface area contributed by atoms with Gasteiger partial charge in [0.15, 0.2) is 0 Å². The SMILES string of the molecule is Cc1cc(C)nc(Sc2ccc(CN)cc2Br)c1. The molecule has 0 saturated carbocycles. The number of aryl methyl sites for hydroxylation is 2. The van der Waals surface area contributed by atoms with E-state index >= 15 is 0 Å². The average molecular weight is 323 g/mol. The third-order valence-corrected chi connectivity index (χ3v) is 4.43. The first kappa shape index (κ1) is 13.6. The van der Waals surface area contributed by atoms with Gasteiger partial charge in [0.1, 0.15) is 5.03 Å². The molecule has 94 valence electrons. The van der Waals surface area contributed by atoms with Crippen molar-refractivity contribution in [3.8, 4) is 0 Å². The van der Waals surface area contributed by atoms with Crippen molar-refractivity contribution in [2.24, 2.45) is 5.73 Å². The summed E-state index contributed by atoms with van der Waals surface area (Å²) in [5.41, 5.74) is 9.03. The van der Waals surface area contributed by atoms with Crippen LogP contribution in [-0.4, -0.2) is 4.98 Å². The largest absolute Gasteiger partial charge is 0.326 e. The molecular weight excluding hydrogens is 308 g/mol. The summed E-state index contributed by atoms with van der Waals surface area (Å²) in [6.07, 6.45) is 0. The van der Waals surface area contributed by atoms with Crippen molar-refractivity contribution < 1.29 is 0 Å². The van der Waals surface area contributed by atoms with Crippen LogP contribution in [-0.2, 0) is 6.54 Å². The van der Waals surface area contributed by atoms with Gasteiger partial charge in [-0.3, -0.25) is 0 Å². The van der Waals surface area contributed by atoms with E-state index in [9.17, 15) is 0 Å². The Bertz CT molecular complexity index is 549. The Labute approximate surface area is 120 Å². The van der Waals surface area contributed by atoms with Gasteiger partial charge in [0, 0.05) is 21.6 Å². The molecule has 4 heteroatoms. The molecule has 0 fully saturated rings. The number of aromatic nitrogens is 1. The Morgan fingerprint density at radius 2 is 2.00 bits per heavy atom. The number of pyridine rings is 1. The molecule has 1 heterocycles. The van der Waals surface area contributed by atoms with Gasteiger partial charge in [-0.15, -0.1) is 0 Å². The second-order valence-corrected chi connectivity index (χ2v) is 6.11. The van der Waals surface area contributed by atoms with Gasteiger partial charge in [0.05, 0.1) is 0 Å². The number of hydrogen-bond donors (Lipinski definition) is 1. The Balaban J connectivity index is 2.28. The van der Waals surface area contributed by atoms with E-state index < -0.39 is 0 Å². The van der Waals surface area contributed by atoms with Crippen LogP contribution < -0.4 is 5.73 Å². The van der Waals surface area contributed by atoms with Crippen molar-refractivity contribution in [1.29, 1.82) is 0 Å². The van der Waals surface area contributed by atoms with Crippen LogP contribution in [0.15, 0.2) is 44.7 Å². The van der Waals surface area contributed by atoms with E-state index in [-0.39, 0.29) is 0 Å². The molecule has 0 aliphatic carbocycles. The van der Waals surface area contributed by atoms with Crippen LogP contribution >= 0.6 is 27.7 Å². The maximum Gasteiger partial charge on any atom is 0.101 e. The first-order chi connectivity index (χ1) is 8.58. The Hall–Kier alpha value is -0.840. The fourth-order valence-corrected chi connectivity index (χ4v) is 3.34. The third-order valence-electron chi connectivity index (χ3n) is 2.52. The zero-order valence-corrected chi connectivity index (χ0v) is 12.8. The topological polar surface area (TPSA) is 38.9 Å². The van der Waals surface area contributed by atoms with Crippen LogP contribution in [0.3, 0.4) is 0 Å². The highest BCUT2D eigenvalue weighted by molar-refractivity contribution is 9.10. The summed E-state index contributed by atoms with van der Waals surface area (Å²) >= 11 is 5.24. The predicted molar refractivity (Wildman–Crippen MR) is 79.9 cm³/mol. The average Bonchev–Trinajstić information content (AvgIpc) is 2.30. The Morgan fingerprint density at radius 3 is 2.61 bits per heavy atom. The quantitative estimate of drug-likeness (QED) is 0.925. The lowest BCUT2D eigenvalue weighted by molar-refractivity contribution is 1.04. The molecule has 0 amide bonds. The Kier molecular flexibility index (Phi) is 4.43. The maximum atomic E-state index is 5.62. The molecule has 18 heavy (non-hydrogen) atoms. The minimum Gasteiger partial charge on any atom is -0.326 e. The molecule has 0 aliphatic heterocycles. The van der Waals surface area contributed by atoms with E-state index in [2.05, 4.69) is 58.2 Å². The molecule has 2 aromatic rings. The van der Waals surface area contributed by atoms with Gasteiger partial charge >= 0.3 is 0 Å². The lowest BCUT2D eigenvalue weighted by atomic mass is 10.2. The van der Waals surface area contributed by atoms with Gasteiger partial charge in [0.25, 0.3) is 0 Å². The van der Waals surface area contributed by atoms with Gasteiger partial charge in [-0.2, -0.15) is 0 Å². The van der Waals surface area contributed by atoms with E-state index in [4.69, 9.17) is 5.73 Å². The van der Waals surface area contributed by atoms with Gasteiger partial charge in [0.2, 0.25) is 0 Å². The van der Waals surface area contributed by atoms with Crippen LogP contribution in [0.5, 0.6) is 0 Å². The molecular formula is C14H15BrN2S. The smallest absolute Gasteiger partial charge is 0.101 e. The number of halogens is 1. The lowest BCUT2D eigenvalue weighted by Crippen LogP contribution is -1.96. The normalized spacial score (nSPS) is 10.7. The summed E-state index contributed by atoms with van der Waals surface area (Å²) < 4.78 is 1.07. The van der Waals surface area contributed by atoms with Crippen LogP contribution in [0.1, 0.15) is 16.8 Å². The molecule has 0 spiro atoms. The molecule has 0 radical (unpaired) electrons. The van der Waals surface area contributed by atoms with Gasteiger partial charge < -0.3 is 5.73 Å². The molecule has 2 rings (SSSR count). The van der Waals surface area contributed by atoms with Crippen molar-refractivity contribution in [3.05, 3.63) is 51.6 Å². The number of rotatable bonds is 3. The Morgan fingerprint density at radius 1 is 1.22 bits per heavy atom. The summed E-state index contributed by atoms with van der Waals surface area (Å²) in [4.78, 5) is 5.69. The fourth-order valence-electron chi connectivity index (χ4n) is 1.72. The highest BCUT2D eigenvalue weighted by Crippen LogP contribution is 2.33. The van der Waals surface area contributed by atoms with Gasteiger partial charge in [-0.25, -0.2) is 4.98 Å². The number of hydrogen-bond acceptors (Lipinski definition) is 3. The minimum absolute atomic E-state index is 0.561. The zero-order chi connectivity index (χ0) is 13.1. The highest BCUT2D eigenvalue weighted by Gasteiger charge is 2.05. The molecule has 2 N–H and O–H groups in total.